The van der Waals surface area contributed by atoms with Gasteiger partial charge in [0, 0.05) is 25.5 Å². The van der Waals surface area contributed by atoms with Crippen LogP contribution in [0.2, 0.25) is 5.02 Å². The highest BCUT2D eigenvalue weighted by Gasteiger charge is 2.09. The minimum Gasteiger partial charge on any atom is -0.478 e. The first kappa shape index (κ1) is 13.3. The van der Waals surface area contributed by atoms with Gasteiger partial charge in [0.25, 0.3) is 0 Å². The number of aromatic nitrogens is 4. The van der Waals surface area contributed by atoms with E-state index < -0.39 is 5.97 Å². The van der Waals surface area contributed by atoms with Crippen molar-refractivity contribution in [3.63, 3.8) is 0 Å². The summed E-state index contributed by atoms with van der Waals surface area (Å²) in [6, 6.07) is 1.42. The lowest BCUT2D eigenvalue weighted by Crippen LogP contribution is -2.09. The molecule has 0 fully saturated rings. The Morgan fingerprint density at radius 1 is 1.53 bits per heavy atom. The van der Waals surface area contributed by atoms with Gasteiger partial charge in [0.2, 0.25) is 0 Å². The Morgan fingerprint density at radius 3 is 3.05 bits per heavy atom. The van der Waals surface area contributed by atoms with Gasteiger partial charge in [-0.15, -0.1) is 5.10 Å². The molecular formula is C11H12ClN5O2. The summed E-state index contributed by atoms with van der Waals surface area (Å²) in [5.74, 6) is -0.585. The first-order valence-electron chi connectivity index (χ1n) is 5.63. The summed E-state index contributed by atoms with van der Waals surface area (Å²) in [4.78, 5) is 14.9. The molecule has 2 heterocycles. The molecule has 7 nitrogen and oxygen atoms in total. The van der Waals surface area contributed by atoms with Crippen molar-refractivity contribution in [2.45, 2.75) is 13.0 Å². The number of hydrogen-bond donors (Lipinski definition) is 2. The number of pyridine rings is 1. The molecule has 8 heteroatoms. The molecule has 2 aromatic heterocycles. The number of halogens is 1. The first-order chi connectivity index (χ1) is 9.16. The molecular weight excluding hydrogens is 270 g/mol. The predicted octanol–water partition coefficient (Wildman–Crippen LogP) is 1.53. The number of nitrogens with zero attached hydrogens (tertiary/aromatic N) is 4. The molecule has 0 saturated heterocycles. The van der Waals surface area contributed by atoms with Crippen molar-refractivity contribution in [2.24, 2.45) is 0 Å². The quantitative estimate of drug-likeness (QED) is 0.780. The molecule has 100 valence electrons. The van der Waals surface area contributed by atoms with Crippen LogP contribution < -0.4 is 5.32 Å². The highest BCUT2D eigenvalue weighted by atomic mass is 35.5. The third kappa shape index (κ3) is 3.65. The van der Waals surface area contributed by atoms with E-state index in [2.05, 4.69) is 20.6 Å². The second-order valence-corrected chi connectivity index (χ2v) is 4.21. The van der Waals surface area contributed by atoms with Gasteiger partial charge >= 0.3 is 5.97 Å². The molecule has 0 aliphatic heterocycles. The maximum Gasteiger partial charge on any atom is 0.337 e. The van der Waals surface area contributed by atoms with Crippen molar-refractivity contribution >= 4 is 23.4 Å². The summed E-state index contributed by atoms with van der Waals surface area (Å²) in [6.07, 6.45) is 5.54. The van der Waals surface area contributed by atoms with Gasteiger partial charge in [-0.25, -0.2) is 9.78 Å². The maximum atomic E-state index is 10.9. The molecule has 2 aromatic rings. The number of aromatic carboxylic acids is 1. The summed E-state index contributed by atoms with van der Waals surface area (Å²) < 4.78 is 1.72. The van der Waals surface area contributed by atoms with Gasteiger partial charge in [0.05, 0.1) is 16.8 Å². The van der Waals surface area contributed by atoms with Crippen LogP contribution in [0, 0.1) is 0 Å². The fourth-order valence-corrected chi connectivity index (χ4v) is 1.69. The molecule has 2 rings (SSSR count). The van der Waals surface area contributed by atoms with Crippen LogP contribution in [0.3, 0.4) is 0 Å². The molecule has 19 heavy (non-hydrogen) atoms. The number of anilines is 1. The molecule has 0 aliphatic carbocycles. The Bertz CT molecular complexity index is 558. The van der Waals surface area contributed by atoms with E-state index in [-0.39, 0.29) is 10.6 Å². The van der Waals surface area contributed by atoms with Crippen molar-refractivity contribution in [2.75, 3.05) is 11.9 Å². The van der Waals surface area contributed by atoms with Crippen LogP contribution in [0.5, 0.6) is 0 Å². The number of carboxylic acid groups (broad SMARTS) is 1. The van der Waals surface area contributed by atoms with Gasteiger partial charge < -0.3 is 10.4 Å². The van der Waals surface area contributed by atoms with Crippen molar-refractivity contribution < 1.29 is 9.90 Å². The number of carbonyl (C=O) groups is 1. The zero-order chi connectivity index (χ0) is 13.7. The lowest BCUT2D eigenvalue weighted by molar-refractivity contribution is 0.0697. The summed E-state index contributed by atoms with van der Waals surface area (Å²) in [5.41, 5.74) is 0.0374. The number of hydrogen-bond acceptors (Lipinski definition) is 5. The van der Waals surface area contributed by atoms with E-state index in [1.807, 2.05) is 0 Å². The zero-order valence-corrected chi connectivity index (χ0v) is 10.7. The van der Waals surface area contributed by atoms with E-state index in [0.29, 0.717) is 12.4 Å². The molecule has 0 aromatic carbocycles. The van der Waals surface area contributed by atoms with Crippen molar-refractivity contribution in [1.82, 2.24) is 20.0 Å². The Balaban J connectivity index is 1.86. The summed E-state index contributed by atoms with van der Waals surface area (Å²) in [6.45, 7) is 1.37. The van der Waals surface area contributed by atoms with Gasteiger partial charge in [0.1, 0.15) is 5.82 Å². The Hall–Kier alpha value is -2.15. The van der Waals surface area contributed by atoms with Gasteiger partial charge in [0.15, 0.2) is 0 Å². The van der Waals surface area contributed by atoms with E-state index >= 15 is 0 Å². The van der Waals surface area contributed by atoms with Crippen LogP contribution in [0.15, 0.2) is 24.7 Å². The normalized spacial score (nSPS) is 10.4. The predicted molar refractivity (Wildman–Crippen MR) is 69.3 cm³/mol. The van der Waals surface area contributed by atoms with E-state index in [1.54, 1.807) is 17.1 Å². The molecule has 0 radical (unpaired) electrons. The average molecular weight is 282 g/mol. The molecule has 0 saturated carbocycles. The minimum absolute atomic E-state index is 0.0374. The molecule has 0 unspecified atom stereocenters. The van der Waals surface area contributed by atoms with Gasteiger partial charge in [-0.3, -0.25) is 4.68 Å². The molecule has 0 bridgehead atoms. The maximum absolute atomic E-state index is 10.9. The lowest BCUT2D eigenvalue weighted by atomic mass is 10.2. The molecule has 0 spiro atoms. The number of carboxylic acids is 1. The second-order valence-electron chi connectivity index (χ2n) is 3.80. The van der Waals surface area contributed by atoms with Crippen molar-refractivity contribution in [1.29, 1.82) is 0 Å². The number of aryl methyl sites for hydroxylation is 1. The van der Waals surface area contributed by atoms with Gasteiger partial charge in [-0.05, 0) is 12.5 Å². The molecule has 0 aliphatic rings. The SMILES string of the molecule is O=C(O)c1cc(NCCCn2ccnn2)ncc1Cl. The number of rotatable bonds is 6. The van der Waals surface area contributed by atoms with Crippen LogP contribution in [-0.2, 0) is 6.54 Å². The lowest BCUT2D eigenvalue weighted by Gasteiger charge is -2.07. The zero-order valence-electron chi connectivity index (χ0n) is 9.95. The molecule has 2 N–H and O–H groups in total. The van der Waals surface area contributed by atoms with E-state index in [1.165, 1.54) is 12.3 Å². The second kappa shape index (κ2) is 6.14. The monoisotopic (exact) mass is 281 g/mol. The minimum atomic E-state index is -1.07. The highest BCUT2D eigenvalue weighted by molar-refractivity contribution is 6.33. The van der Waals surface area contributed by atoms with Crippen molar-refractivity contribution in [3.05, 3.63) is 35.2 Å². The summed E-state index contributed by atoms with van der Waals surface area (Å²) in [5, 5.41) is 19.6. The topological polar surface area (TPSA) is 92.9 Å². The van der Waals surface area contributed by atoms with E-state index in [4.69, 9.17) is 16.7 Å². The molecule has 0 amide bonds. The Morgan fingerprint density at radius 2 is 2.37 bits per heavy atom. The third-order valence-corrected chi connectivity index (χ3v) is 2.73. The van der Waals surface area contributed by atoms with E-state index in [9.17, 15) is 4.79 Å². The smallest absolute Gasteiger partial charge is 0.337 e. The number of nitrogens with one attached hydrogen (secondary N) is 1. The standard InChI is InChI=1S/C11H12ClN5O2/c12-9-7-14-10(6-8(9)11(18)19)13-2-1-4-17-5-3-15-16-17/h3,5-7H,1-2,4H2,(H,13,14)(H,18,19). The van der Waals surface area contributed by atoms with Crippen LogP contribution in [0.1, 0.15) is 16.8 Å². The van der Waals surface area contributed by atoms with Gasteiger partial charge in [-0.1, -0.05) is 16.8 Å². The fraction of sp³-hybridized carbons (Fsp3) is 0.273. The average Bonchev–Trinajstić information content (AvgIpc) is 2.89. The van der Waals surface area contributed by atoms with E-state index in [0.717, 1.165) is 13.0 Å². The van der Waals surface area contributed by atoms with Crippen LogP contribution in [0.4, 0.5) is 5.82 Å². The largest absolute Gasteiger partial charge is 0.478 e. The third-order valence-electron chi connectivity index (χ3n) is 2.43. The van der Waals surface area contributed by atoms with Crippen molar-refractivity contribution in [3.8, 4) is 0 Å². The van der Waals surface area contributed by atoms with Crippen LogP contribution >= 0.6 is 11.6 Å². The first-order valence-corrected chi connectivity index (χ1v) is 6.01. The van der Waals surface area contributed by atoms with Gasteiger partial charge in [-0.2, -0.15) is 0 Å². The Labute approximate surface area is 114 Å². The van der Waals surface area contributed by atoms with Crippen LogP contribution in [0.25, 0.3) is 0 Å². The Kier molecular flexibility index (Phi) is 4.30. The fourth-order valence-electron chi connectivity index (χ4n) is 1.51. The summed E-state index contributed by atoms with van der Waals surface area (Å²) in [7, 11) is 0. The van der Waals surface area contributed by atoms with Crippen LogP contribution in [-0.4, -0.2) is 37.6 Å². The highest BCUT2D eigenvalue weighted by Crippen LogP contribution is 2.17. The molecule has 0 atom stereocenters. The summed E-state index contributed by atoms with van der Waals surface area (Å²) >= 11 is 5.73.